The molecule has 0 saturated carbocycles. The first-order valence-corrected chi connectivity index (χ1v) is 27.7. The van der Waals surface area contributed by atoms with Gasteiger partial charge < -0.3 is 73.5 Å². The molecule has 0 fully saturated rings. The van der Waals surface area contributed by atoms with E-state index >= 15 is 0 Å². The van der Waals surface area contributed by atoms with Crippen LogP contribution in [0.15, 0.2) is 0 Å². The molecule has 16 heteroatoms. The second-order valence-corrected chi connectivity index (χ2v) is 26.3. The molecule has 0 aliphatic heterocycles. The maximum Gasteiger partial charge on any atom is 3.00 e. The summed E-state index contributed by atoms with van der Waals surface area (Å²) in [5.74, 6) is 0. The molecule has 6 nitrogen and oxygen atoms in total. The van der Waals surface area contributed by atoms with Crippen LogP contribution in [-0.4, -0.2) is 61.1 Å². The summed E-state index contributed by atoms with van der Waals surface area (Å²) in [7, 11) is 0. The molecule has 0 aromatic heterocycles. The van der Waals surface area contributed by atoms with Crippen molar-refractivity contribution in [3.05, 3.63) is 0 Å². The van der Waals surface area contributed by atoms with E-state index in [1.165, 1.54) is 0 Å². The molecule has 0 amide bonds. The molecule has 0 aliphatic rings. The van der Waals surface area contributed by atoms with Gasteiger partial charge in [0.1, 0.15) is 0 Å². The summed E-state index contributed by atoms with van der Waals surface area (Å²) in [5, 5.41) is 0. The molecular weight excluding hydrogens is 863 g/mol. The quantitative estimate of drug-likeness (QED) is 0.0526. The summed E-state index contributed by atoms with van der Waals surface area (Å²) in [6.07, 6.45) is 5.76. The summed E-state index contributed by atoms with van der Waals surface area (Å²) in [6, 6.07) is 0. The normalized spacial score (nSPS) is 16.0. The zero-order valence-corrected chi connectivity index (χ0v) is 40.8. The molecule has 46 heavy (non-hydrogen) atoms. The van der Waals surface area contributed by atoms with Crippen LogP contribution in [0.5, 0.6) is 0 Å². The molecule has 0 heterocycles. The largest absolute Gasteiger partial charge is 3.00 e. The summed E-state index contributed by atoms with van der Waals surface area (Å²) in [6.45, 7) is 24.7. The van der Waals surface area contributed by atoms with Crippen molar-refractivity contribution in [2.75, 3.05) is 0 Å². The van der Waals surface area contributed by atoms with Crippen LogP contribution < -0.4 is 0 Å². The Balaban J connectivity index is -0.000000285. The molecule has 0 spiro atoms. The molecule has 6 atom stereocenters. The minimum atomic E-state index is -2.45. The molecule has 0 aliphatic carbocycles. The Hall–Kier alpha value is 3.97. The van der Waals surface area contributed by atoms with Crippen LogP contribution in [0.25, 0.3) is 0 Å². The first kappa shape index (κ1) is 56.7. The standard InChI is InChI=1S/3C10H23O2PS2.Sb/c3*1-5-7-9(3)11-13(14,15)12-10(4)8-6-2;/h3*9-10H,5-8H2,1-4H3,(H,14,15);/q;;;+3/p-3. The zero-order chi connectivity index (χ0) is 35.7. The van der Waals surface area contributed by atoms with Gasteiger partial charge in [0.15, 0.2) is 0 Å². The van der Waals surface area contributed by atoms with Crippen LogP contribution in [0.3, 0.4) is 0 Å². The van der Waals surface area contributed by atoms with Crippen molar-refractivity contribution in [1.82, 2.24) is 0 Å². The van der Waals surface area contributed by atoms with Gasteiger partial charge in [0.05, 0.1) is 36.6 Å². The minimum absolute atomic E-state index is 0. The smallest absolute Gasteiger partial charge is 0.515 e. The van der Waals surface area contributed by atoms with Crippen molar-refractivity contribution in [2.45, 2.75) is 197 Å². The predicted octanol–water partition coefficient (Wildman–Crippen LogP) is 12.1. The number of hydrogen-bond acceptors (Lipinski definition) is 12. The van der Waals surface area contributed by atoms with Crippen molar-refractivity contribution in [3.63, 3.8) is 0 Å². The molecule has 0 bridgehead atoms. The molecule has 2 radical (unpaired) electrons. The van der Waals surface area contributed by atoms with E-state index in [1.807, 2.05) is 41.5 Å². The van der Waals surface area contributed by atoms with Gasteiger partial charge >= 0.3 is 24.4 Å². The van der Waals surface area contributed by atoms with Crippen molar-refractivity contribution in [1.29, 1.82) is 0 Å². The van der Waals surface area contributed by atoms with Crippen LogP contribution in [0.1, 0.15) is 160 Å². The first-order valence-electron chi connectivity index (χ1n) is 16.8. The van der Waals surface area contributed by atoms with E-state index in [-0.39, 0.29) is 61.1 Å². The van der Waals surface area contributed by atoms with Crippen LogP contribution >= 0.6 is 18.4 Å². The topological polar surface area (TPSA) is 55.4 Å². The zero-order valence-electron chi connectivity index (χ0n) is 30.6. The maximum atomic E-state index is 5.61. The van der Waals surface area contributed by atoms with Crippen LogP contribution in [0, 0.1) is 0 Å². The first-order chi connectivity index (χ1) is 20.7. The third kappa shape index (κ3) is 39.2. The van der Waals surface area contributed by atoms with Gasteiger partial charge in [-0.05, 0) is 80.1 Å². The summed E-state index contributed by atoms with van der Waals surface area (Å²) in [5.41, 5.74) is 0. The van der Waals surface area contributed by atoms with Gasteiger partial charge in [-0.1, -0.05) is 80.1 Å². The van der Waals surface area contributed by atoms with Gasteiger partial charge in [-0.25, -0.2) is 27.1 Å². The third-order valence-corrected chi connectivity index (χ3v) is 12.8. The van der Waals surface area contributed by atoms with Gasteiger partial charge in [-0.3, -0.25) is 0 Å². The van der Waals surface area contributed by atoms with E-state index in [0.717, 1.165) is 77.0 Å². The van der Waals surface area contributed by atoms with Crippen molar-refractivity contribution in [2.24, 2.45) is 0 Å². The van der Waals surface area contributed by atoms with Crippen molar-refractivity contribution < 1.29 is 27.1 Å². The average Bonchev–Trinajstić information content (AvgIpc) is 2.83. The molecule has 0 aromatic carbocycles. The summed E-state index contributed by atoms with van der Waals surface area (Å²) in [4.78, 5) is 0. The van der Waals surface area contributed by atoms with E-state index in [0.29, 0.717) is 0 Å². The molecular formula is C30H66O6P3S6Sb. The Morgan fingerprint density at radius 2 is 0.435 bits per heavy atom. The van der Waals surface area contributed by atoms with Crippen molar-refractivity contribution in [3.8, 4) is 0 Å². The number of hydrogen-bond donors (Lipinski definition) is 0. The second kappa shape index (κ2) is 33.5. The molecule has 278 valence electrons. The SMILES string of the molecule is CCCC(C)O[P+]([S-])([S-])OC(C)CCC.CCCC(C)O[P+]([S-])([S-])OC(C)CCC.CCCC(C)O[P+]([S-])([S-])OC(C)CCC.[Sb+3]. The van der Waals surface area contributed by atoms with Gasteiger partial charge in [-0.2, -0.15) is 0 Å². The van der Waals surface area contributed by atoms with Gasteiger partial charge in [-0.15, -0.1) is 0 Å². The Bertz CT molecular complexity index is 547. The van der Waals surface area contributed by atoms with Crippen LogP contribution in [0.2, 0.25) is 0 Å². The second-order valence-electron chi connectivity index (χ2n) is 11.6. The van der Waals surface area contributed by atoms with E-state index in [9.17, 15) is 0 Å². The fourth-order valence-corrected chi connectivity index (χ4v) is 12.9. The van der Waals surface area contributed by atoms with Crippen molar-refractivity contribution >= 4 is 116 Å². The maximum absolute atomic E-state index is 5.61. The van der Waals surface area contributed by atoms with E-state index in [1.54, 1.807) is 0 Å². The van der Waals surface area contributed by atoms with E-state index in [4.69, 9.17) is 101 Å². The predicted molar refractivity (Wildman–Crippen MR) is 223 cm³/mol. The van der Waals surface area contributed by atoms with Gasteiger partial charge in [0.2, 0.25) is 0 Å². The van der Waals surface area contributed by atoms with Gasteiger partial charge in [0, 0.05) is 18.4 Å². The Morgan fingerprint density at radius 1 is 0.326 bits per heavy atom. The minimum Gasteiger partial charge on any atom is -0.515 e. The Labute approximate surface area is 337 Å². The fraction of sp³-hybridized carbons (Fsp3) is 1.00. The molecule has 0 saturated heterocycles. The van der Waals surface area contributed by atoms with E-state index < -0.39 is 18.4 Å². The van der Waals surface area contributed by atoms with Crippen LogP contribution in [0.4, 0.5) is 0 Å². The van der Waals surface area contributed by atoms with E-state index in [2.05, 4.69) is 41.5 Å². The molecule has 0 rings (SSSR count). The Morgan fingerprint density at radius 3 is 0.522 bits per heavy atom. The monoisotopic (exact) mass is 928 g/mol. The summed E-state index contributed by atoms with van der Waals surface area (Å²) >= 11 is 31.2. The van der Waals surface area contributed by atoms with Crippen LogP contribution in [-0.2, 0) is 101 Å². The molecule has 0 N–H and O–H groups in total. The Kier molecular flexibility index (Phi) is 41.3. The summed E-state index contributed by atoms with van der Waals surface area (Å²) < 4.78 is 33.7. The number of rotatable bonds is 24. The van der Waals surface area contributed by atoms with Gasteiger partial charge in [0.25, 0.3) is 0 Å². The molecule has 6 unspecified atom stereocenters. The molecule has 0 aromatic rings. The average molecular weight is 930 g/mol. The third-order valence-electron chi connectivity index (χ3n) is 6.03. The fourth-order valence-electron chi connectivity index (χ4n) is 4.15.